The van der Waals surface area contributed by atoms with Gasteiger partial charge in [-0.1, -0.05) is 25.1 Å². The minimum atomic E-state index is -0.0824. The molecule has 1 saturated heterocycles. The maximum absolute atomic E-state index is 12.4. The molecule has 0 unspecified atom stereocenters. The van der Waals surface area contributed by atoms with Gasteiger partial charge < -0.3 is 9.42 Å². The summed E-state index contributed by atoms with van der Waals surface area (Å²) >= 11 is 0. The van der Waals surface area contributed by atoms with Gasteiger partial charge in [0.25, 0.3) is 0 Å². The molecular weight excluding hydrogens is 316 g/mol. The fourth-order valence-electron chi connectivity index (χ4n) is 3.10. The lowest BCUT2D eigenvalue weighted by Gasteiger charge is -2.30. The molecule has 3 heterocycles. The van der Waals surface area contributed by atoms with Gasteiger partial charge in [0.05, 0.1) is 5.69 Å². The van der Waals surface area contributed by atoms with E-state index in [1.54, 1.807) is 6.26 Å². The molecule has 0 radical (unpaired) electrons. The molecule has 0 bridgehead atoms. The summed E-state index contributed by atoms with van der Waals surface area (Å²) in [5.41, 5.74) is 2.19. The fourth-order valence-corrected chi connectivity index (χ4v) is 3.10. The molecule has 1 aliphatic heterocycles. The zero-order valence-corrected chi connectivity index (χ0v) is 14.9. The average Bonchev–Trinajstić information content (AvgIpc) is 3.16. The van der Waals surface area contributed by atoms with Gasteiger partial charge in [0, 0.05) is 31.3 Å². The third-order valence-corrected chi connectivity index (χ3v) is 4.73. The van der Waals surface area contributed by atoms with Crippen LogP contribution in [0.25, 0.3) is 0 Å². The number of urea groups is 1. The fraction of sp³-hybridized carbons (Fsp3) is 0.526. The zero-order valence-electron chi connectivity index (χ0n) is 14.9. The molecule has 0 saturated carbocycles. The van der Waals surface area contributed by atoms with Gasteiger partial charge >= 0.3 is 6.03 Å². The van der Waals surface area contributed by atoms with E-state index >= 15 is 0 Å². The average molecular weight is 342 g/mol. The molecule has 25 heavy (non-hydrogen) atoms. The number of nitrogens with one attached hydrogen (secondary N) is 1. The van der Waals surface area contributed by atoms with Gasteiger partial charge in [-0.05, 0) is 43.2 Å². The number of hydrogen-bond acceptors (Lipinski definition) is 4. The van der Waals surface area contributed by atoms with Crippen LogP contribution in [-0.4, -0.2) is 34.2 Å². The molecule has 1 fully saturated rings. The maximum atomic E-state index is 12.4. The van der Waals surface area contributed by atoms with E-state index in [-0.39, 0.29) is 6.03 Å². The summed E-state index contributed by atoms with van der Waals surface area (Å²) < 4.78 is 4.91. The lowest BCUT2D eigenvalue weighted by atomic mass is 9.94. The van der Waals surface area contributed by atoms with Crippen molar-refractivity contribution >= 4 is 11.8 Å². The first-order valence-corrected chi connectivity index (χ1v) is 9.03. The smallest absolute Gasteiger partial charge is 0.323 e. The Morgan fingerprint density at radius 2 is 2.12 bits per heavy atom. The zero-order chi connectivity index (χ0) is 17.6. The number of aryl methyl sites for hydroxylation is 1. The number of amides is 2. The second-order valence-electron chi connectivity index (χ2n) is 7.10. The van der Waals surface area contributed by atoms with E-state index < -0.39 is 0 Å². The Labute approximate surface area is 148 Å². The maximum Gasteiger partial charge on any atom is 0.323 e. The summed E-state index contributed by atoms with van der Waals surface area (Å²) in [5, 5.41) is 6.90. The number of hydrogen-bond donors (Lipinski definition) is 1. The van der Waals surface area contributed by atoms with Crippen molar-refractivity contribution in [3.05, 3.63) is 41.9 Å². The second kappa shape index (κ2) is 8.14. The van der Waals surface area contributed by atoms with Crippen molar-refractivity contribution in [3.8, 4) is 0 Å². The van der Waals surface area contributed by atoms with E-state index in [0.29, 0.717) is 17.7 Å². The van der Waals surface area contributed by atoms with Crippen LogP contribution in [-0.2, 0) is 6.42 Å². The minimum absolute atomic E-state index is 0.0824. The summed E-state index contributed by atoms with van der Waals surface area (Å²) in [5.74, 6) is 1.66. The molecule has 0 aromatic carbocycles. The van der Waals surface area contributed by atoms with Crippen LogP contribution in [0.4, 0.5) is 10.6 Å². The van der Waals surface area contributed by atoms with E-state index in [2.05, 4.69) is 29.3 Å². The molecule has 0 spiro atoms. The predicted molar refractivity (Wildman–Crippen MR) is 96.5 cm³/mol. The highest BCUT2D eigenvalue weighted by Gasteiger charge is 2.25. The molecule has 2 aromatic rings. The highest BCUT2D eigenvalue weighted by atomic mass is 16.5. The van der Waals surface area contributed by atoms with Gasteiger partial charge in [-0.2, -0.15) is 0 Å². The summed E-state index contributed by atoms with van der Waals surface area (Å²) in [7, 11) is 0. The number of carbonyl (C=O) groups excluding carboxylic acids is 1. The van der Waals surface area contributed by atoms with Crippen molar-refractivity contribution < 1.29 is 9.32 Å². The van der Waals surface area contributed by atoms with Crippen LogP contribution in [0.15, 0.2) is 35.2 Å². The molecule has 1 aliphatic rings. The normalized spacial score (nSPS) is 15.6. The topological polar surface area (TPSA) is 71.3 Å². The van der Waals surface area contributed by atoms with E-state index in [1.165, 1.54) is 5.56 Å². The van der Waals surface area contributed by atoms with Crippen molar-refractivity contribution in [1.82, 2.24) is 15.0 Å². The molecule has 1 N–H and O–H groups in total. The molecule has 3 rings (SSSR count). The van der Waals surface area contributed by atoms with Gasteiger partial charge in [0.15, 0.2) is 0 Å². The number of likely N-dealkylation sites (tertiary alicyclic amines) is 1. The van der Waals surface area contributed by atoms with Crippen LogP contribution in [0.3, 0.4) is 0 Å². The van der Waals surface area contributed by atoms with Crippen molar-refractivity contribution in [2.24, 2.45) is 5.92 Å². The number of rotatable bonds is 5. The molecular formula is C19H26N4O2. The third kappa shape index (κ3) is 4.81. The Bertz CT molecular complexity index is 659. The molecule has 134 valence electrons. The van der Waals surface area contributed by atoms with Gasteiger partial charge in [-0.3, -0.25) is 5.32 Å². The van der Waals surface area contributed by atoms with E-state index in [4.69, 9.17) is 4.52 Å². The molecule has 6 heteroatoms. The van der Waals surface area contributed by atoms with Crippen molar-refractivity contribution in [3.63, 3.8) is 0 Å². The first-order valence-electron chi connectivity index (χ1n) is 9.03. The van der Waals surface area contributed by atoms with E-state index in [0.717, 1.165) is 44.5 Å². The summed E-state index contributed by atoms with van der Waals surface area (Å²) in [6.45, 7) is 5.87. The Morgan fingerprint density at radius 3 is 2.72 bits per heavy atom. The van der Waals surface area contributed by atoms with Gasteiger partial charge in [-0.25, -0.2) is 9.78 Å². The van der Waals surface area contributed by atoms with Crippen LogP contribution in [0.5, 0.6) is 0 Å². The Hall–Kier alpha value is -2.37. The lowest BCUT2D eigenvalue weighted by Crippen LogP contribution is -2.40. The predicted octanol–water partition coefficient (Wildman–Crippen LogP) is 4.07. The number of piperidine rings is 1. The molecule has 0 atom stereocenters. The summed E-state index contributed by atoms with van der Waals surface area (Å²) in [4.78, 5) is 18.6. The van der Waals surface area contributed by atoms with Crippen LogP contribution in [0, 0.1) is 5.92 Å². The number of nitrogens with zero attached hydrogens (tertiary/aromatic N) is 3. The number of pyridine rings is 1. The number of carbonyl (C=O) groups is 1. The van der Waals surface area contributed by atoms with Gasteiger partial charge in [0.2, 0.25) is 0 Å². The SMILES string of the molecule is CC(C)CCc1ccc(NC(=O)N2CCC(c3ccon3)CC2)nc1. The quantitative estimate of drug-likeness (QED) is 0.889. The van der Waals surface area contributed by atoms with E-state index in [1.807, 2.05) is 29.3 Å². The third-order valence-electron chi connectivity index (χ3n) is 4.73. The monoisotopic (exact) mass is 342 g/mol. The highest BCUT2D eigenvalue weighted by molar-refractivity contribution is 5.88. The standard InChI is InChI=1S/C19H26N4O2/c1-14(2)3-4-15-5-6-18(20-13-15)21-19(24)23-10-7-16(8-11-23)17-9-12-25-22-17/h5-6,9,12-14,16H,3-4,7-8,10-11H2,1-2H3,(H,20,21,24). The Morgan fingerprint density at radius 1 is 1.32 bits per heavy atom. The first kappa shape index (κ1) is 17.5. The largest absolute Gasteiger partial charge is 0.365 e. The number of aromatic nitrogens is 2. The lowest BCUT2D eigenvalue weighted by molar-refractivity contribution is 0.193. The molecule has 0 aliphatic carbocycles. The summed E-state index contributed by atoms with van der Waals surface area (Å²) in [6, 6.07) is 5.75. The minimum Gasteiger partial charge on any atom is -0.365 e. The van der Waals surface area contributed by atoms with Crippen LogP contribution >= 0.6 is 0 Å². The Balaban J connectivity index is 1.48. The molecule has 2 aromatic heterocycles. The number of anilines is 1. The molecule has 2 amide bonds. The van der Waals surface area contributed by atoms with Crippen LogP contribution in [0.2, 0.25) is 0 Å². The van der Waals surface area contributed by atoms with Gasteiger partial charge in [-0.15, -0.1) is 0 Å². The van der Waals surface area contributed by atoms with Gasteiger partial charge in [0.1, 0.15) is 12.1 Å². The van der Waals surface area contributed by atoms with Crippen LogP contribution < -0.4 is 5.32 Å². The summed E-state index contributed by atoms with van der Waals surface area (Å²) in [6.07, 6.45) is 7.44. The second-order valence-corrected chi connectivity index (χ2v) is 7.10. The Kier molecular flexibility index (Phi) is 5.68. The van der Waals surface area contributed by atoms with Crippen LogP contribution in [0.1, 0.15) is 50.3 Å². The highest BCUT2D eigenvalue weighted by Crippen LogP contribution is 2.26. The first-order chi connectivity index (χ1) is 12.1. The van der Waals surface area contributed by atoms with E-state index in [9.17, 15) is 4.79 Å². The van der Waals surface area contributed by atoms with Crippen molar-refractivity contribution in [1.29, 1.82) is 0 Å². The van der Waals surface area contributed by atoms with Crippen molar-refractivity contribution in [2.75, 3.05) is 18.4 Å². The molecule has 6 nitrogen and oxygen atoms in total. The van der Waals surface area contributed by atoms with Crippen molar-refractivity contribution in [2.45, 2.75) is 45.4 Å².